The number of aliphatic hydroxyl groups is 5. The Hall–Kier alpha value is -2.75. The van der Waals surface area contributed by atoms with Crippen LogP contribution in [0.25, 0.3) is 0 Å². The van der Waals surface area contributed by atoms with Gasteiger partial charge < -0.3 is 44.6 Å². The van der Waals surface area contributed by atoms with Crippen LogP contribution in [0.4, 0.5) is 0 Å². The Morgan fingerprint density at radius 3 is 1.62 bits per heavy atom. The summed E-state index contributed by atoms with van der Waals surface area (Å²) in [4.78, 5) is 35.8. The van der Waals surface area contributed by atoms with Crippen LogP contribution in [0.3, 0.4) is 0 Å². The van der Waals surface area contributed by atoms with Gasteiger partial charge in [-0.1, -0.05) is 132 Å². The molecule has 10 atom stereocenters. The minimum atomic E-state index is -5.16. The van der Waals surface area contributed by atoms with Crippen LogP contribution in [0.5, 0.6) is 0 Å². The summed E-state index contributed by atoms with van der Waals surface area (Å²) < 4.78 is 39.3. The number of hydrogen-bond donors (Lipinski definition) is 6. The van der Waals surface area contributed by atoms with Gasteiger partial charge in [0.05, 0.1) is 18.8 Å². The van der Waals surface area contributed by atoms with E-state index in [0.29, 0.717) is 25.7 Å². The molecule has 5 unspecified atom stereocenters. The van der Waals surface area contributed by atoms with Crippen LogP contribution < -0.4 is 0 Å². The van der Waals surface area contributed by atoms with E-state index >= 15 is 0 Å². The molecule has 1 heterocycles. The number of phosphoric acid groups is 1. The van der Waals surface area contributed by atoms with E-state index in [-0.39, 0.29) is 25.0 Å². The number of allylic oxidation sites excluding steroid dienone is 11. The second kappa shape index (κ2) is 35.4. The number of rotatable bonds is 37. The number of carbonyl (C=O) groups excluding carboxylic acids is 2. The quantitative estimate of drug-likeness (QED) is 0.0113. The highest BCUT2D eigenvalue weighted by Crippen LogP contribution is 2.47. The van der Waals surface area contributed by atoms with Gasteiger partial charge in [-0.25, -0.2) is 4.57 Å². The maximum Gasteiger partial charge on any atom is 0.472 e. The number of unbranched alkanes of at least 4 members (excludes halogenated alkanes) is 10. The van der Waals surface area contributed by atoms with Crippen molar-refractivity contribution < 1.29 is 67.8 Å². The molecule has 0 bridgehead atoms. The smallest absolute Gasteiger partial charge is 0.462 e. The number of epoxide rings is 1. The second-order valence-electron chi connectivity index (χ2n) is 16.6. The van der Waals surface area contributed by atoms with Crippen molar-refractivity contribution in [2.24, 2.45) is 0 Å². The van der Waals surface area contributed by atoms with Crippen LogP contribution in [0.1, 0.15) is 155 Å². The van der Waals surface area contributed by atoms with Crippen molar-refractivity contribution in [2.75, 3.05) is 13.2 Å². The maximum atomic E-state index is 12.9. The van der Waals surface area contributed by atoms with Crippen LogP contribution >= 0.6 is 7.82 Å². The molecule has 2 rings (SSSR count). The minimum absolute atomic E-state index is 0.00592. The van der Waals surface area contributed by atoms with Crippen molar-refractivity contribution in [2.45, 2.75) is 210 Å². The molecule has 0 amide bonds. The van der Waals surface area contributed by atoms with E-state index in [1.807, 2.05) is 12.2 Å². The predicted molar refractivity (Wildman–Crippen MR) is 248 cm³/mol. The Bertz CT molecular complexity index is 1460. The van der Waals surface area contributed by atoms with Crippen molar-refractivity contribution in [3.63, 3.8) is 0 Å². The summed E-state index contributed by atoms with van der Waals surface area (Å²) in [7, 11) is -5.16. The Kier molecular flexibility index (Phi) is 31.8. The van der Waals surface area contributed by atoms with E-state index in [0.717, 1.165) is 44.9 Å². The minimum Gasteiger partial charge on any atom is -0.462 e. The first-order chi connectivity index (χ1) is 30.9. The lowest BCUT2D eigenvalue weighted by atomic mass is 9.85. The van der Waals surface area contributed by atoms with Crippen molar-refractivity contribution in [1.82, 2.24) is 0 Å². The van der Waals surface area contributed by atoms with Crippen LogP contribution in [0.15, 0.2) is 72.9 Å². The Morgan fingerprint density at radius 2 is 1.03 bits per heavy atom. The van der Waals surface area contributed by atoms with Gasteiger partial charge in [-0.15, -0.1) is 0 Å². The van der Waals surface area contributed by atoms with Crippen molar-refractivity contribution in [1.29, 1.82) is 0 Å². The molecule has 1 aliphatic heterocycles. The lowest BCUT2D eigenvalue weighted by Crippen LogP contribution is -2.64. The number of esters is 2. The Labute approximate surface area is 382 Å². The molecule has 366 valence electrons. The van der Waals surface area contributed by atoms with Gasteiger partial charge in [-0.05, 0) is 83.5 Å². The molecule has 1 saturated heterocycles. The van der Waals surface area contributed by atoms with Gasteiger partial charge in [0, 0.05) is 12.8 Å². The lowest BCUT2D eigenvalue weighted by Gasteiger charge is -2.41. The first kappa shape index (κ1) is 57.4. The van der Waals surface area contributed by atoms with Crippen LogP contribution in [0, 0.1) is 0 Å². The van der Waals surface area contributed by atoms with Crippen molar-refractivity contribution in [3.05, 3.63) is 72.9 Å². The zero-order chi connectivity index (χ0) is 46.8. The van der Waals surface area contributed by atoms with E-state index in [4.69, 9.17) is 23.3 Å². The van der Waals surface area contributed by atoms with Crippen LogP contribution in [-0.4, -0.2) is 111 Å². The molecule has 0 aromatic rings. The largest absolute Gasteiger partial charge is 0.472 e. The van der Waals surface area contributed by atoms with Crippen molar-refractivity contribution in [3.8, 4) is 0 Å². The summed E-state index contributed by atoms with van der Waals surface area (Å²) >= 11 is 0. The molecule has 1 saturated carbocycles. The summed E-state index contributed by atoms with van der Waals surface area (Å²) in [5.74, 6) is -1.24. The van der Waals surface area contributed by atoms with E-state index in [1.54, 1.807) is 0 Å². The molecule has 14 nitrogen and oxygen atoms in total. The van der Waals surface area contributed by atoms with Gasteiger partial charge in [0.2, 0.25) is 0 Å². The third-order valence-electron chi connectivity index (χ3n) is 10.9. The van der Waals surface area contributed by atoms with Gasteiger partial charge >= 0.3 is 19.8 Å². The van der Waals surface area contributed by atoms with Gasteiger partial charge in [0.25, 0.3) is 0 Å². The third-order valence-corrected chi connectivity index (χ3v) is 11.9. The molecule has 1 aliphatic carbocycles. The molecule has 15 heteroatoms. The number of ether oxygens (including phenoxy) is 3. The Balaban J connectivity index is 1.76. The molecule has 64 heavy (non-hydrogen) atoms. The molecular formula is C49H81O14P. The average Bonchev–Trinajstić information content (AvgIpc) is 4.03. The van der Waals surface area contributed by atoms with Crippen LogP contribution in [0.2, 0.25) is 0 Å². The summed E-state index contributed by atoms with van der Waals surface area (Å²) in [6.45, 7) is 3.15. The Morgan fingerprint density at radius 1 is 0.562 bits per heavy atom. The highest BCUT2D eigenvalue weighted by Gasteiger charge is 2.51. The van der Waals surface area contributed by atoms with E-state index in [1.165, 1.54) is 57.8 Å². The molecular weight excluding hydrogens is 843 g/mol. The zero-order valence-electron chi connectivity index (χ0n) is 38.5. The fraction of sp³-hybridized carbons (Fsp3) is 0.714. The SMILES string of the molecule is CCCCC/C=C\C/C=C\C/C=C\CC1OC1CCCC(=O)O[C@H](COC(=O)CCC/C=C\C/C=C\C/C=C\CCCCCCCC)COP(=O)(O)OC1[C@H](O)[C@H](O)C(O)[C@H](O)[C@H]1O. The topological polar surface area (TPSA) is 222 Å². The molecule has 2 fully saturated rings. The number of phosphoric ester groups is 1. The zero-order valence-corrected chi connectivity index (χ0v) is 39.4. The molecule has 6 N–H and O–H groups in total. The summed E-state index contributed by atoms with van der Waals surface area (Å²) in [6, 6.07) is 0. The van der Waals surface area contributed by atoms with E-state index in [9.17, 15) is 44.6 Å². The molecule has 0 radical (unpaired) electrons. The first-order valence-corrected chi connectivity index (χ1v) is 25.4. The molecule has 0 aromatic carbocycles. The summed E-state index contributed by atoms with van der Waals surface area (Å²) in [6.07, 6.45) is 32.6. The highest BCUT2D eigenvalue weighted by molar-refractivity contribution is 7.47. The van der Waals surface area contributed by atoms with Crippen molar-refractivity contribution >= 4 is 19.8 Å². The standard InChI is InChI=1S/C49H81O14P/c1-3-5-7-9-11-13-15-17-18-19-20-21-23-25-27-29-31-35-42(50)59-37-39(38-60-64(57,58)63-49-47(55)45(53)44(52)46(54)48(49)56)61-43(51)36-32-34-41-40(62-41)33-30-28-26-24-22-16-14-12-10-8-6-4-2/h12,14,17-18,20-22,24-25,27-28,30,39-41,44-49,52-56H,3-11,13,15-16,19,23,26,29,31-38H2,1-2H3,(H,57,58)/b14-12-,18-17-,21-20-,24-22-,27-25-,30-28-/t39-,40?,41?,44?,45-,46+,47-,48-,49?/m1/s1. The van der Waals surface area contributed by atoms with E-state index < -0.39 is 75.7 Å². The second-order valence-corrected chi connectivity index (χ2v) is 18.0. The molecule has 2 aliphatic rings. The molecule has 0 aromatic heterocycles. The summed E-state index contributed by atoms with van der Waals surface area (Å²) in [5.41, 5.74) is 0. The van der Waals surface area contributed by atoms with E-state index in [2.05, 4.69) is 74.6 Å². The molecule has 0 spiro atoms. The fourth-order valence-corrected chi connectivity index (χ4v) is 7.95. The van der Waals surface area contributed by atoms with Gasteiger partial charge in [0.15, 0.2) is 6.10 Å². The number of hydrogen-bond acceptors (Lipinski definition) is 13. The number of aliphatic hydroxyl groups excluding tert-OH is 5. The van der Waals surface area contributed by atoms with Crippen LogP contribution in [-0.2, 0) is 37.4 Å². The van der Waals surface area contributed by atoms with Gasteiger partial charge in [-0.3, -0.25) is 18.6 Å². The summed E-state index contributed by atoms with van der Waals surface area (Å²) in [5, 5.41) is 50.2. The fourth-order valence-electron chi connectivity index (χ4n) is 6.98. The normalized spacial score (nSPS) is 25.4. The highest BCUT2D eigenvalue weighted by atomic mass is 31.2. The average molecular weight is 925 g/mol. The predicted octanol–water partition coefficient (Wildman–Crippen LogP) is 8.49. The lowest BCUT2D eigenvalue weighted by molar-refractivity contribution is -0.220. The first-order valence-electron chi connectivity index (χ1n) is 23.9. The maximum absolute atomic E-state index is 12.9. The third kappa shape index (κ3) is 27.0. The van der Waals surface area contributed by atoms with Gasteiger partial charge in [0.1, 0.15) is 43.2 Å². The number of carbonyl (C=O) groups is 2. The van der Waals surface area contributed by atoms with Gasteiger partial charge in [-0.2, -0.15) is 0 Å². The monoisotopic (exact) mass is 925 g/mol.